The Morgan fingerprint density at radius 2 is 1.84 bits per heavy atom. The summed E-state index contributed by atoms with van der Waals surface area (Å²) < 4.78 is 5.34. The minimum Gasteiger partial charge on any atom is -0.496 e. The van der Waals surface area contributed by atoms with Crippen LogP contribution in [0.3, 0.4) is 0 Å². The molecule has 0 fully saturated rings. The van der Waals surface area contributed by atoms with Crippen molar-refractivity contribution in [1.82, 2.24) is 9.97 Å². The first-order valence-electron chi connectivity index (χ1n) is 7.45. The molecule has 0 amide bonds. The number of aromatic nitrogens is 2. The van der Waals surface area contributed by atoms with E-state index in [2.05, 4.69) is 15.3 Å². The van der Waals surface area contributed by atoms with E-state index in [1.807, 2.05) is 24.3 Å². The largest absolute Gasteiger partial charge is 0.496 e. The van der Waals surface area contributed by atoms with E-state index in [4.69, 9.17) is 15.6 Å². The van der Waals surface area contributed by atoms with Gasteiger partial charge < -0.3 is 20.9 Å². The second-order valence-electron chi connectivity index (χ2n) is 5.20. The molecule has 0 unspecified atom stereocenters. The van der Waals surface area contributed by atoms with Crippen LogP contribution in [0.2, 0.25) is 0 Å². The lowest BCUT2D eigenvalue weighted by Crippen LogP contribution is -2.03. The van der Waals surface area contributed by atoms with Gasteiger partial charge in [0.2, 0.25) is 5.95 Å². The van der Waals surface area contributed by atoms with E-state index in [0.717, 1.165) is 5.56 Å². The van der Waals surface area contributed by atoms with E-state index in [0.29, 0.717) is 28.8 Å². The molecule has 3 aromatic rings. The zero-order valence-electron chi connectivity index (χ0n) is 13.4. The van der Waals surface area contributed by atoms with E-state index in [9.17, 15) is 4.79 Å². The molecule has 0 atom stereocenters. The molecule has 0 aliphatic heterocycles. The van der Waals surface area contributed by atoms with Gasteiger partial charge in [0.25, 0.3) is 0 Å². The Morgan fingerprint density at radius 3 is 2.48 bits per heavy atom. The van der Waals surface area contributed by atoms with Crippen LogP contribution >= 0.6 is 0 Å². The zero-order valence-corrected chi connectivity index (χ0v) is 13.4. The molecule has 2 aromatic carbocycles. The predicted molar refractivity (Wildman–Crippen MR) is 95.1 cm³/mol. The number of nitrogen functional groups attached to an aromatic ring is 1. The van der Waals surface area contributed by atoms with Crippen molar-refractivity contribution >= 4 is 23.4 Å². The Kier molecular flexibility index (Phi) is 4.47. The number of para-hydroxylation sites is 1. The van der Waals surface area contributed by atoms with Gasteiger partial charge >= 0.3 is 5.97 Å². The van der Waals surface area contributed by atoms with Gasteiger partial charge in [0, 0.05) is 23.0 Å². The quantitative estimate of drug-likeness (QED) is 0.656. The van der Waals surface area contributed by atoms with Gasteiger partial charge in [-0.1, -0.05) is 18.2 Å². The molecule has 0 radical (unpaired) electrons. The van der Waals surface area contributed by atoms with Crippen LogP contribution in [0.5, 0.6) is 5.75 Å². The average Bonchev–Trinajstić information content (AvgIpc) is 2.62. The number of rotatable bonds is 5. The van der Waals surface area contributed by atoms with Crippen LogP contribution in [-0.4, -0.2) is 28.2 Å². The molecule has 4 N–H and O–H groups in total. The van der Waals surface area contributed by atoms with E-state index in [1.165, 1.54) is 12.1 Å². The minimum atomic E-state index is -0.979. The zero-order chi connectivity index (χ0) is 17.8. The summed E-state index contributed by atoms with van der Waals surface area (Å²) in [5.74, 6) is 0.333. The van der Waals surface area contributed by atoms with Crippen molar-refractivity contribution in [2.45, 2.75) is 0 Å². The maximum atomic E-state index is 10.9. The molecule has 0 bridgehead atoms. The molecule has 0 spiro atoms. The normalized spacial score (nSPS) is 10.3. The standard InChI is InChI=1S/C18H16N4O3/c1-25-15-5-3-2-4-13(15)14-10-20-18(22-16(14)19)21-12-8-6-11(7-9-12)17(23)24/h2-10H,1H3,(H,23,24)(H3,19,20,21,22). The second-order valence-corrected chi connectivity index (χ2v) is 5.20. The fourth-order valence-corrected chi connectivity index (χ4v) is 2.36. The molecule has 0 saturated carbocycles. The first kappa shape index (κ1) is 16.3. The maximum Gasteiger partial charge on any atom is 0.335 e. The van der Waals surface area contributed by atoms with Crippen molar-refractivity contribution in [2.75, 3.05) is 18.2 Å². The van der Waals surface area contributed by atoms with Gasteiger partial charge in [0.15, 0.2) is 0 Å². The number of anilines is 3. The Balaban J connectivity index is 1.86. The van der Waals surface area contributed by atoms with Gasteiger partial charge in [-0.05, 0) is 30.3 Å². The molecule has 7 heteroatoms. The fourth-order valence-electron chi connectivity index (χ4n) is 2.36. The van der Waals surface area contributed by atoms with Crippen molar-refractivity contribution in [2.24, 2.45) is 0 Å². The lowest BCUT2D eigenvalue weighted by atomic mass is 10.1. The lowest BCUT2D eigenvalue weighted by Gasteiger charge is -2.11. The van der Waals surface area contributed by atoms with E-state index in [1.54, 1.807) is 25.4 Å². The Morgan fingerprint density at radius 1 is 1.12 bits per heavy atom. The van der Waals surface area contributed by atoms with Gasteiger partial charge in [-0.25, -0.2) is 9.78 Å². The number of carbonyl (C=O) groups is 1. The molecular formula is C18H16N4O3. The number of benzene rings is 2. The number of methoxy groups -OCH3 is 1. The number of hydrogen-bond acceptors (Lipinski definition) is 6. The first-order valence-corrected chi connectivity index (χ1v) is 7.45. The van der Waals surface area contributed by atoms with Crippen molar-refractivity contribution in [3.05, 3.63) is 60.3 Å². The average molecular weight is 336 g/mol. The van der Waals surface area contributed by atoms with Gasteiger partial charge in [-0.15, -0.1) is 0 Å². The van der Waals surface area contributed by atoms with Crippen LogP contribution < -0.4 is 15.8 Å². The second kappa shape index (κ2) is 6.88. The van der Waals surface area contributed by atoms with Gasteiger partial charge in [-0.2, -0.15) is 4.98 Å². The highest BCUT2D eigenvalue weighted by molar-refractivity contribution is 5.88. The van der Waals surface area contributed by atoms with Crippen LogP contribution in [0.25, 0.3) is 11.1 Å². The molecule has 7 nitrogen and oxygen atoms in total. The summed E-state index contributed by atoms with van der Waals surface area (Å²) in [5, 5.41) is 11.9. The minimum absolute atomic E-state index is 0.206. The Bertz CT molecular complexity index is 910. The van der Waals surface area contributed by atoms with E-state index in [-0.39, 0.29) is 5.56 Å². The third kappa shape index (κ3) is 3.50. The number of nitrogens with one attached hydrogen (secondary N) is 1. The highest BCUT2D eigenvalue weighted by Gasteiger charge is 2.11. The Hall–Kier alpha value is -3.61. The molecular weight excluding hydrogens is 320 g/mol. The van der Waals surface area contributed by atoms with Crippen LogP contribution in [-0.2, 0) is 0 Å². The fraction of sp³-hybridized carbons (Fsp3) is 0.0556. The molecule has 3 rings (SSSR count). The monoisotopic (exact) mass is 336 g/mol. The number of aromatic carboxylic acids is 1. The van der Waals surface area contributed by atoms with Crippen molar-refractivity contribution < 1.29 is 14.6 Å². The van der Waals surface area contributed by atoms with Crippen molar-refractivity contribution in [3.63, 3.8) is 0 Å². The number of nitrogens with zero attached hydrogens (tertiary/aromatic N) is 2. The molecule has 1 heterocycles. The highest BCUT2D eigenvalue weighted by atomic mass is 16.5. The SMILES string of the molecule is COc1ccccc1-c1cnc(Nc2ccc(C(=O)O)cc2)nc1N. The van der Waals surface area contributed by atoms with Crippen LogP contribution in [0.1, 0.15) is 10.4 Å². The van der Waals surface area contributed by atoms with E-state index >= 15 is 0 Å². The number of nitrogens with two attached hydrogens (primary N) is 1. The van der Waals surface area contributed by atoms with E-state index < -0.39 is 5.97 Å². The summed E-state index contributed by atoms with van der Waals surface area (Å²) in [4.78, 5) is 19.4. The summed E-state index contributed by atoms with van der Waals surface area (Å²) in [7, 11) is 1.59. The number of ether oxygens (including phenoxy) is 1. The smallest absolute Gasteiger partial charge is 0.335 e. The molecule has 0 aliphatic carbocycles. The van der Waals surface area contributed by atoms with Gasteiger partial charge in [-0.3, -0.25) is 0 Å². The molecule has 0 aliphatic rings. The third-order valence-corrected chi connectivity index (χ3v) is 3.60. The predicted octanol–water partition coefficient (Wildman–Crippen LogP) is 3.18. The van der Waals surface area contributed by atoms with Crippen LogP contribution in [0.15, 0.2) is 54.7 Å². The molecule has 25 heavy (non-hydrogen) atoms. The summed E-state index contributed by atoms with van der Waals surface area (Å²) in [6.45, 7) is 0. The summed E-state index contributed by atoms with van der Waals surface area (Å²) in [6.07, 6.45) is 1.62. The van der Waals surface area contributed by atoms with Crippen molar-refractivity contribution in [3.8, 4) is 16.9 Å². The number of carboxylic acid groups (broad SMARTS) is 1. The van der Waals surface area contributed by atoms with Crippen molar-refractivity contribution in [1.29, 1.82) is 0 Å². The molecule has 1 aromatic heterocycles. The summed E-state index contributed by atoms with van der Waals surface area (Å²) >= 11 is 0. The van der Waals surface area contributed by atoms with Crippen LogP contribution in [0, 0.1) is 0 Å². The molecule has 126 valence electrons. The summed E-state index contributed by atoms with van der Waals surface area (Å²) in [5.41, 5.74) is 8.41. The van der Waals surface area contributed by atoms with Gasteiger partial charge in [0.1, 0.15) is 11.6 Å². The topological polar surface area (TPSA) is 110 Å². The first-order chi connectivity index (χ1) is 12.1. The van der Waals surface area contributed by atoms with Gasteiger partial charge in [0.05, 0.1) is 12.7 Å². The lowest BCUT2D eigenvalue weighted by molar-refractivity contribution is 0.0697. The van der Waals surface area contributed by atoms with Crippen LogP contribution in [0.4, 0.5) is 17.5 Å². The number of hydrogen-bond donors (Lipinski definition) is 3. The molecule has 0 saturated heterocycles. The maximum absolute atomic E-state index is 10.9. The number of carboxylic acids is 1. The third-order valence-electron chi connectivity index (χ3n) is 3.60. The Labute approximate surface area is 144 Å². The highest BCUT2D eigenvalue weighted by Crippen LogP contribution is 2.32. The summed E-state index contributed by atoms with van der Waals surface area (Å²) in [6, 6.07) is 13.7.